The molecule has 1 aromatic carbocycles. The molecular formula is C12H12BrN3. The van der Waals surface area contributed by atoms with Crippen molar-refractivity contribution in [3.05, 3.63) is 52.8 Å². The Morgan fingerprint density at radius 3 is 2.75 bits per heavy atom. The van der Waals surface area contributed by atoms with Gasteiger partial charge in [-0.1, -0.05) is 12.1 Å². The molecule has 1 aromatic heterocycles. The van der Waals surface area contributed by atoms with Gasteiger partial charge in [0.25, 0.3) is 0 Å². The first kappa shape index (κ1) is 11.1. The smallest absolute Gasteiger partial charge is 0.0528 e. The molecule has 0 amide bonds. The summed E-state index contributed by atoms with van der Waals surface area (Å²) in [6.07, 6.45) is 3.53. The molecule has 82 valence electrons. The lowest BCUT2D eigenvalue weighted by molar-refractivity contribution is 1.05. The number of anilines is 2. The highest BCUT2D eigenvalue weighted by molar-refractivity contribution is 9.10. The van der Waals surface area contributed by atoms with E-state index in [4.69, 9.17) is 5.73 Å². The van der Waals surface area contributed by atoms with Crippen LogP contribution in [0.3, 0.4) is 0 Å². The van der Waals surface area contributed by atoms with Gasteiger partial charge >= 0.3 is 0 Å². The number of nitrogens with two attached hydrogens (primary N) is 1. The molecule has 0 unspecified atom stereocenters. The minimum Gasteiger partial charge on any atom is -0.354 e. The summed E-state index contributed by atoms with van der Waals surface area (Å²) in [6.45, 7) is 0.473. The van der Waals surface area contributed by atoms with Gasteiger partial charge in [-0.15, -0.1) is 0 Å². The van der Waals surface area contributed by atoms with Crippen molar-refractivity contribution >= 4 is 27.3 Å². The SMILES string of the molecule is NCc1cnccc1Nc1ccccc1Br. The highest BCUT2D eigenvalue weighted by atomic mass is 79.9. The van der Waals surface area contributed by atoms with E-state index in [1.165, 1.54) is 0 Å². The molecule has 0 aliphatic carbocycles. The lowest BCUT2D eigenvalue weighted by atomic mass is 10.2. The standard InChI is InChI=1S/C12H12BrN3/c13-10-3-1-2-4-12(10)16-11-5-6-15-8-9(11)7-14/h1-6,8H,7,14H2,(H,15,16). The Morgan fingerprint density at radius 2 is 2.00 bits per heavy atom. The van der Waals surface area contributed by atoms with Gasteiger partial charge < -0.3 is 11.1 Å². The Labute approximate surface area is 103 Å². The van der Waals surface area contributed by atoms with E-state index in [0.717, 1.165) is 21.4 Å². The first-order chi connectivity index (χ1) is 7.81. The molecule has 4 heteroatoms. The van der Waals surface area contributed by atoms with E-state index in [9.17, 15) is 0 Å². The lowest BCUT2D eigenvalue weighted by Gasteiger charge is -2.11. The number of halogens is 1. The molecule has 0 aliphatic heterocycles. The number of pyridine rings is 1. The van der Waals surface area contributed by atoms with Gasteiger partial charge in [0.15, 0.2) is 0 Å². The van der Waals surface area contributed by atoms with Gasteiger partial charge in [0, 0.05) is 34.7 Å². The van der Waals surface area contributed by atoms with Crippen molar-refractivity contribution < 1.29 is 0 Å². The zero-order chi connectivity index (χ0) is 11.4. The van der Waals surface area contributed by atoms with Gasteiger partial charge in [-0.05, 0) is 34.1 Å². The first-order valence-corrected chi connectivity index (χ1v) is 5.75. The molecule has 2 aromatic rings. The van der Waals surface area contributed by atoms with E-state index >= 15 is 0 Å². The molecule has 0 saturated heterocycles. The van der Waals surface area contributed by atoms with E-state index in [0.29, 0.717) is 6.54 Å². The quantitative estimate of drug-likeness (QED) is 0.907. The molecule has 0 aliphatic rings. The highest BCUT2D eigenvalue weighted by Crippen LogP contribution is 2.26. The molecule has 0 fully saturated rings. The Bertz CT molecular complexity index is 485. The summed E-state index contributed by atoms with van der Waals surface area (Å²) in [4.78, 5) is 4.05. The Balaban J connectivity index is 2.30. The molecule has 3 N–H and O–H groups in total. The second-order valence-corrected chi connectivity index (χ2v) is 4.20. The van der Waals surface area contributed by atoms with Crippen LogP contribution in [0.2, 0.25) is 0 Å². The van der Waals surface area contributed by atoms with Gasteiger partial charge in [0.05, 0.1) is 5.69 Å². The van der Waals surface area contributed by atoms with Crippen molar-refractivity contribution in [1.82, 2.24) is 4.98 Å². The third kappa shape index (κ3) is 2.40. The normalized spacial score (nSPS) is 10.1. The summed E-state index contributed by atoms with van der Waals surface area (Å²) in [5.74, 6) is 0. The Hall–Kier alpha value is -1.39. The van der Waals surface area contributed by atoms with Crippen LogP contribution in [0, 0.1) is 0 Å². The minimum absolute atomic E-state index is 0.473. The molecule has 3 nitrogen and oxygen atoms in total. The average molecular weight is 278 g/mol. The number of nitrogens with zero attached hydrogens (tertiary/aromatic N) is 1. The van der Waals surface area contributed by atoms with Crippen LogP contribution in [0.5, 0.6) is 0 Å². The fourth-order valence-corrected chi connectivity index (χ4v) is 1.80. The van der Waals surface area contributed by atoms with Crippen molar-refractivity contribution in [2.24, 2.45) is 5.73 Å². The number of nitrogens with one attached hydrogen (secondary N) is 1. The van der Waals surface area contributed by atoms with E-state index in [1.54, 1.807) is 12.4 Å². The van der Waals surface area contributed by atoms with Crippen LogP contribution in [0.25, 0.3) is 0 Å². The summed E-state index contributed by atoms with van der Waals surface area (Å²) >= 11 is 3.49. The summed E-state index contributed by atoms with van der Waals surface area (Å²) in [7, 11) is 0. The van der Waals surface area contributed by atoms with Crippen molar-refractivity contribution in [2.45, 2.75) is 6.54 Å². The van der Waals surface area contributed by atoms with Crippen molar-refractivity contribution in [3.63, 3.8) is 0 Å². The van der Waals surface area contributed by atoms with Gasteiger partial charge in [0.2, 0.25) is 0 Å². The van der Waals surface area contributed by atoms with Crippen LogP contribution in [0.4, 0.5) is 11.4 Å². The molecule has 0 bridgehead atoms. The maximum absolute atomic E-state index is 5.65. The summed E-state index contributed by atoms with van der Waals surface area (Å²) in [6, 6.07) is 9.88. The van der Waals surface area contributed by atoms with E-state index in [2.05, 4.69) is 26.2 Å². The van der Waals surface area contributed by atoms with Crippen LogP contribution < -0.4 is 11.1 Å². The molecule has 0 saturated carbocycles. The molecular weight excluding hydrogens is 266 g/mol. The third-order valence-corrected chi connectivity index (χ3v) is 2.96. The van der Waals surface area contributed by atoms with Crippen molar-refractivity contribution in [2.75, 3.05) is 5.32 Å². The fraction of sp³-hybridized carbons (Fsp3) is 0.0833. The van der Waals surface area contributed by atoms with Crippen LogP contribution in [0.15, 0.2) is 47.2 Å². The summed E-state index contributed by atoms with van der Waals surface area (Å²) in [5, 5.41) is 3.32. The second-order valence-electron chi connectivity index (χ2n) is 3.34. The molecule has 2 rings (SSSR count). The fourth-order valence-electron chi connectivity index (χ4n) is 1.42. The zero-order valence-electron chi connectivity index (χ0n) is 8.65. The van der Waals surface area contributed by atoms with Crippen molar-refractivity contribution in [1.29, 1.82) is 0 Å². The van der Waals surface area contributed by atoms with E-state index in [-0.39, 0.29) is 0 Å². The number of hydrogen-bond acceptors (Lipinski definition) is 3. The summed E-state index contributed by atoms with van der Waals surface area (Å²) in [5.41, 5.74) is 8.66. The van der Waals surface area contributed by atoms with Crippen LogP contribution in [0.1, 0.15) is 5.56 Å². The number of rotatable bonds is 3. The van der Waals surface area contributed by atoms with Crippen molar-refractivity contribution in [3.8, 4) is 0 Å². The Kier molecular flexibility index (Phi) is 3.54. The maximum Gasteiger partial charge on any atom is 0.0528 e. The number of benzene rings is 1. The van der Waals surface area contributed by atoms with Gasteiger partial charge in [0.1, 0.15) is 0 Å². The topological polar surface area (TPSA) is 50.9 Å². The van der Waals surface area contributed by atoms with Crippen LogP contribution in [-0.2, 0) is 6.54 Å². The molecule has 1 heterocycles. The monoisotopic (exact) mass is 277 g/mol. The molecule has 0 atom stereocenters. The second kappa shape index (κ2) is 5.09. The molecule has 0 spiro atoms. The van der Waals surface area contributed by atoms with Crippen LogP contribution >= 0.6 is 15.9 Å². The van der Waals surface area contributed by atoms with E-state index in [1.807, 2.05) is 30.3 Å². The first-order valence-electron chi connectivity index (χ1n) is 4.96. The predicted octanol–water partition coefficient (Wildman–Crippen LogP) is 3.05. The number of para-hydroxylation sites is 1. The third-order valence-electron chi connectivity index (χ3n) is 2.27. The Morgan fingerprint density at radius 1 is 1.19 bits per heavy atom. The van der Waals surface area contributed by atoms with Crippen LogP contribution in [-0.4, -0.2) is 4.98 Å². The maximum atomic E-state index is 5.65. The predicted molar refractivity (Wildman–Crippen MR) is 69.6 cm³/mol. The van der Waals surface area contributed by atoms with Gasteiger partial charge in [-0.2, -0.15) is 0 Å². The largest absolute Gasteiger partial charge is 0.354 e. The van der Waals surface area contributed by atoms with Gasteiger partial charge in [-0.25, -0.2) is 0 Å². The lowest BCUT2D eigenvalue weighted by Crippen LogP contribution is -2.02. The number of aromatic nitrogens is 1. The highest BCUT2D eigenvalue weighted by Gasteiger charge is 2.02. The zero-order valence-corrected chi connectivity index (χ0v) is 10.2. The van der Waals surface area contributed by atoms with Gasteiger partial charge in [-0.3, -0.25) is 4.98 Å². The summed E-state index contributed by atoms with van der Waals surface area (Å²) < 4.78 is 1.02. The molecule has 0 radical (unpaired) electrons. The number of hydrogen-bond donors (Lipinski definition) is 2. The van der Waals surface area contributed by atoms with E-state index < -0.39 is 0 Å². The average Bonchev–Trinajstić information content (AvgIpc) is 2.33. The minimum atomic E-state index is 0.473. The molecule has 16 heavy (non-hydrogen) atoms.